The molecule has 0 spiro atoms. The number of hydrogen-bond donors (Lipinski definition) is 0. The van der Waals surface area contributed by atoms with Crippen LogP contribution in [0.4, 0.5) is 4.39 Å². The minimum Gasteiger partial charge on any atom is -0.497 e. The number of pyridine rings is 1. The lowest BCUT2D eigenvalue weighted by Crippen LogP contribution is -2.34. The molecule has 2 amide bonds. The van der Waals surface area contributed by atoms with Gasteiger partial charge < -0.3 is 14.5 Å². The average Bonchev–Trinajstić information content (AvgIpc) is 3.36. The quantitative estimate of drug-likeness (QED) is 0.245. The number of ether oxygens (including phenoxy) is 1. The molecule has 0 aliphatic carbocycles. The fourth-order valence-electron chi connectivity index (χ4n) is 4.96. The molecular formula is C31H29ClFN3O3. The summed E-state index contributed by atoms with van der Waals surface area (Å²) in [6.45, 7) is 2.09. The van der Waals surface area contributed by atoms with Crippen molar-refractivity contribution >= 4 is 34.3 Å². The van der Waals surface area contributed by atoms with Gasteiger partial charge in [-0.1, -0.05) is 23.7 Å². The molecule has 3 aromatic carbocycles. The summed E-state index contributed by atoms with van der Waals surface area (Å²) in [6, 6.07) is 20.8. The number of amides is 2. The number of aromatic nitrogens is 1. The van der Waals surface area contributed by atoms with Gasteiger partial charge in [0.15, 0.2) is 0 Å². The summed E-state index contributed by atoms with van der Waals surface area (Å²) in [4.78, 5) is 34.3. The first kappa shape index (κ1) is 26.6. The van der Waals surface area contributed by atoms with Crippen LogP contribution in [0.1, 0.15) is 35.2 Å². The van der Waals surface area contributed by atoms with Gasteiger partial charge in [-0.2, -0.15) is 0 Å². The molecule has 0 N–H and O–H groups in total. The molecule has 1 aromatic heterocycles. The number of nitrogens with zero attached hydrogens (tertiary/aromatic N) is 3. The van der Waals surface area contributed by atoms with Crippen molar-refractivity contribution in [2.45, 2.75) is 25.8 Å². The predicted molar refractivity (Wildman–Crippen MR) is 150 cm³/mol. The third-order valence-electron chi connectivity index (χ3n) is 6.97. The van der Waals surface area contributed by atoms with Crippen LogP contribution in [0.5, 0.6) is 5.75 Å². The molecule has 8 heteroatoms. The lowest BCUT2D eigenvalue weighted by molar-refractivity contribution is -0.127. The predicted octanol–water partition coefficient (Wildman–Crippen LogP) is 6.36. The monoisotopic (exact) mass is 545 g/mol. The van der Waals surface area contributed by atoms with Crippen molar-refractivity contribution in [1.29, 1.82) is 0 Å². The number of rotatable bonds is 9. The minimum atomic E-state index is -0.368. The molecule has 0 unspecified atom stereocenters. The van der Waals surface area contributed by atoms with Crippen LogP contribution in [0.3, 0.4) is 0 Å². The van der Waals surface area contributed by atoms with E-state index in [0.29, 0.717) is 53.5 Å². The zero-order chi connectivity index (χ0) is 27.4. The Labute approximate surface area is 232 Å². The summed E-state index contributed by atoms with van der Waals surface area (Å²) in [5.74, 6) is 0.325. The second-order valence-corrected chi connectivity index (χ2v) is 10.1. The van der Waals surface area contributed by atoms with E-state index >= 15 is 0 Å². The third-order valence-corrected chi connectivity index (χ3v) is 7.20. The van der Waals surface area contributed by atoms with E-state index in [2.05, 4.69) is 0 Å². The maximum atomic E-state index is 14.0. The maximum absolute atomic E-state index is 14.0. The Bertz CT molecular complexity index is 1510. The van der Waals surface area contributed by atoms with Gasteiger partial charge in [0.05, 0.1) is 18.3 Å². The van der Waals surface area contributed by atoms with Crippen LogP contribution >= 0.6 is 11.6 Å². The van der Waals surface area contributed by atoms with Gasteiger partial charge in [0.2, 0.25) is 5.91 Å². The Morgan fingerprint density at radius 3 is 2.64 bits per heavy atom. The first-order valence-corrected chi connectivity index (χ1v) is 13.4. The molecule has 200 valence electrons. The van der Waals surface area contributed by atoms with Gasteiger partial charge in [-0.05, 0) is 73.0 Å². The number of benzene rings is 3. The Morgan fingerprint density at radius 2 is 1.92 bits per heavy atom. The van der Waals surface area contributed by atoms with E-state index < -0.39 is 0 Å². The van der Waals surface area contributed by atoms with E-state index in [1.807, 2.05) is 29.2 Å². The number of methoxy groups -OCH3 is 1. The number of halogens is 2. The number of hydrogen-bond acceptors (Lipinski definition) is 4. The molecule has 5 rings (SSSR count). The van der Waals surface area contributed by atoms with E-state index in [9.17, 15) is 14.0 Å². The van der Waals surface area contributed by atoms with Gasteiger partial charge in [-0.15, -0.1) is 0 Å². The van der Waals surface area contributed by atoms with Crippen LogP contribution in [-0.2, 0) is 11.3 Å². The molecular weight excluding hydrogens is 517 g/mol. The smallest absolute Gasteiger partial charge is 0.254 e. The van der Waals surface area contributed by atoms with Gasteiger partial charge in [0, 0.05) is 60.2 Å². The molecule has 4 aromatic rings. The highest BCUT2D eigenvalue weighted by Gasteiger charge is 2.23. The molecule has 1 saturated heterocycles. The highest BCUT2D eigenvalue weighted by molar-refractivity contribution is 6.30. The number of carbonyl (C=O) groups is 2. The van der Waals surface area contributed by atoms with Crippen molar-refractivity contribution in [3.63, 3.8) is 0 Å². The average molecular weight is 546 g/mol. The van der Waals surface area contributed by atoms with Crippen LogP contribution in [0.15, 0.2) is 72.8 Å². The standard InChI is InChI=1S/C31H29ClFN3O3/c1-39-27-12-9-21(10-13-27)31(38)36(16-4-15-35-14-3-7-29(35)37)20-24-17-22-8-11-26(33)19-28(22)34-30(24)23-5-2-6-25(32)18-23/h2,5-6,8-13,17-19H,3-4,7,14-16,20H2,1H3. The fourth-order valence-corrected chi connectivity index (χ4v) is 5.15. The highest BCUT2D eigenvalue weighted by Crippen LogP contribution is 2.29. The van der Waals surface area contributed by atoms with Gasteiger partial charge in [0.25, 0.3) is 5.91 Å². The summed E-state index contributed by atoms with van der Waals surface area (Å²) in [5.41, 5.74) is 3.29. The molecule has 1 fully saturated rings. The molecule has 1 aliphatic heterocycles. The summed E-state index contributed by atoms with van der Waals surface area (Å²) in [6.07, 6.45) is 2.10. The maximum Gasteiger partial charge on any atom is 0.254 e. The largest absolute Gasteiger partial charge is 0.497 e. The Kier molecular flexibility index (Phi) is 8.07. The molecule has 0 saturated carbocycles. The summed E-state index contributed by atoms with van der Waals surface area (Å²) in [5, 5.41) is 1.33. The van der Waals surface area contributed by atoms with E-state index in [4.69, 9.17) is 21.3 Å². The van der Waals surface area contributed by atoms with E-state index in [1.165, 1.54) is 12.1 Å². The van der Waals surface area contributed by atoms with Gasteiger partial charge >= 0.3 is 0 Å². The minimum absolute atomic E-state index is 0.137. The van der Waals surface area contributed by atoms with E-state index in [1.54, 1.807) is 48.4 Å². The first-order chi connectivity index (χ1) is 18.9. The molecule has 2 heterocycles. The zero-order valence-corrected chi connectivity index (χ0v) is 22.5. The van der Waals surface area contributed by atoms with Crippen molar-refractivity contribution < 1.29 is 18.7 Å². The summed E-state index contributed by atoms with van der Waals surface area (Å²) in [7, 11) is 1.58. The number of likely N-dealkylation sites (tertiary alicyclic amines) is 1. The second-order valence-electron chi connectivity index (χ2n) is 9.64. The van der Waals surface area contributed by atoms with E-state index in [0.717, 1.165) is 29.5 Å². The normalized spacial score (nSPS) is 13.2. The van der Waals surface area contributed by atoms with Crippen molar-refractivity contribution in [3.05, 3.63) is 94.8 Å². The Hall–Kier alpha value is -3.97. The summed E-state index contributed by atoms with van der Waals surface area (Å²) < 4.78 is 19.3. The SMILES string of the molecule is COc1ccc(C(=O)N(CCCN2CCCC2=O)Cc2cc3ccc(F)cc3nc2-c2cccc(Cl)c2)cc1. The molecule has 0 atom stereocenters. The Balaban J connectivity index is 1.50. The van der Waals surface area contributed by atoms with Crippen LogP contribution < -0.4 is 4.74 Å². The van der Waals surface area contributed by atoms with E-state index in [-0.39, 0.29) is 24.2 Å². The van der Waals surface area contributed by atoms with Crippen molar-refractivity contribution in [2.75, 3.05) is 26.7 Å². The van der Waals surface area contributed by atoms with Crippen LogP contribution in [0.2, 0.25) is 5.02 Å². The molecule has 0 radical (unpaired) electrons. The van der Waals surface area contributed by atoms with Crippen LogP contribution in [0, 0.1) is 5.82 Å². The van der Waals surface area contributed by atoms with Gasteiger partial charge in [-0.3, -0.25) is 9.59 Å². The summed E-state index contributed by atoms with van der Waals surface area (Å²) >= 11 is 6.30. The Morgan fingerprint density at radius 1 is 1.10 bits per heavy atom. The van der Waals surface area contributed by atoms with Crippen molar-refractivity contribution in [2.24, 2.45) is 0 Å². The third kappa shape index (κ3) is 6.20. The number of carbonyl (C=O) groups excluding carboxylic acids is 2. The molecule has 6 nitrogen and oxygen atoms in total. The topological polar surface area (TPSA) is 62.7 Å². The molecule has 0 bridgehead atoms. The molecule has 1 aliphatic rings. The van der Waals surface area contributed by atoms with Gasteiger partial charge in [-0.25, -0.2) is 9.37 Å². The first-order valence-electron chi connectivity index (χ1n) is 13.0. The number of fused-ring (bicyclic) bond motifs is 1. The lowest BCUT2D eigenvalue weighted by Gasteiger charge is -2.26. The van der Waals surface area contributed by atoms with Crippen LogP contribution in [0.25, 0.3) is 22.2 Å². The highest BCUT2D eigenvalue weighted by atomic mass is 35.5. The zero-order valence-electron chi connectivity index (χ0n) is 21.7. The van der Waals surface area contributed by atoms with Gasteiger partial charge in [0.1, 0.15) is 11.6 Å². The fraction of sp³-hybridized carbons (Fsp3) is 0.258. The molecule has 39 heavy (non-hydrogen) atoms. The van der Waals surface area contributed by atoms with Crippen molar-refractivity contribution in [1.82, 2.24) is 14.8 Å². The van der Waals surface area contributed by atoms with Crippen molar-refractivity contribution in [3.8, 4) is 17.0 Å². The van der Waals surface area contributed by atoms with Crippen LogP contribution in [-0.4, -0.2) is 53.3 Å². The lowest BCUT2D eigenvalue weighted by atomic mass is 10.0. The second kappa shape index (κ2) is 11.8.